The summed E-state index contributed by atoms with van der Waals surface area (Å²) in [7, 11) is -3.92. The Kier molecular flexibility index (Phi) is 10.7. The van der Waals surface area contributed by atoms with Crippen molar-refractivity contribution < 1.29 is 46.6 Å². The van der Waals surface area contributed by atoms with E-state index in [4.69, 9.17) is 14.2 Å². The average molecular weight is 772 g/mol. The fraction of sp³-hybridized carbons (Fsp3) is 0.658. The minimum atomic E-state index is -3.92. The minimum Gasteiger partial charge on any atom is -0.493 e. The molecule has 3 heterocycles. The molecule has 5 amide bonds. The molecule has 296 valence electrons. The maximum Gasteiger partial charge on any atom is 0.410 e. The van der Waals surface area contributed by atoms with Gasteiger partial charge >= 0.3 is 12.2 Å². The van der Waals surface area contributed by atoms with Crippen molar-refractivity contribution in [3.8, 4) is 5.75 Å². The van der Waals surface area contributed by atoms with Crippen molar-refractivity contribution >= 4 is 39.9 Å². The van der Waals surface area contributed by atoms with E-state index in [1.165, 1.54) is 15.9 Å². The molecule has 5 atom stereocenters. The van der Waals surface area contributed by atoms with Crippen LogP contribution < -0.4 is 20.1 Å². The lowest BCUT2D eigenvalue weighted by atomic mass is 9.85. The highest BCUT2D eigenvalue weighted by Crippen LogP contribution is 2.45. The standard InChI is InChI=1S/C38H53N5O10S/c1-7-24-18-38(24,33(46)41-54(49,50)26-13-14-26)40-31(44)28-17-25-20-43(28)32(45)30(36(2,3)4)39-34(47)52-22-37(5,6)15-8-9-16-51-29-12-10-11-23-19-42(21-27(23)29)35(48)53-25/h7,10-12,24-26,28,30H,1,8-9,13-22H2,2-6H3,(H,39,47)(H,40,44)(H,41,46)/t24-,25+,28?,30+,38-/m0/s1. The predicted octanol–water partition coefficient (Wildman–Crippen LogP) is 3.51. The smallest absolute Gasteiger partial charge is 0.410 e. The molecule has 0 radical (unpaired) electrons. The molecule has 2 saturated carbocycles. The van der Waals surface area contributed by atoms with E-state index in [1.807, 2.05) is 32.0 Å². The summed E-state index contributed by atoms with van der Waals surface area (Å²) in [5.41, 5.74) is -0.977. The highest BCUT2D eigenvalue weighted by molar-refractivity contribution is 7.91. The first kappa shape index (κ1) is 39.4. The van der Waals surface area contributed by atoms with Crippen LogP contribution in [0.3, 0.4) is 0 Å². The maximum absolute atomic E-state index is 14.5. The molecule has 54 heavy (non-hydrogen) atoms. The van der Waals surface area contributed by atoms with Crippen molar-refractivity contribution in [2.45, 2.75) is 122 Å². The zero-order valence-corrected chi connectivity index (χ0v) is 32.6. The van der Waals surface area contributed by atoms with E-state index in [2.05, 4.69) is 21.9 Å². The first-order chi connectivity index (χ1) is 25.3. The van der Waals surface area contributed by atoms with Crippen LogP contribution in [-0.4, -0.2) is 96.9 Å². The fourth-order valence-electron chi connectivity index (χ4n) is 7.46. The molecule has 1 unspecified atom stereocenters. The summed E-state index contributed by atoms with van der Waals surface area (Å²) >= 11 is 0. The third-order valence-corrected chi connectivity index (χ3v) is 12.9. The Morgan fingerprint density at radius 2 is 1.81 bits per heavy atom. The van der Waals surface area contributed by atoms with Gasteiger partial charge in [-0.3, -0.25) is 24.0 Å². The molecule has 2 aliphatic carbocycles. The van der Waals surface area contributed by atoms with Crippen molar-refractivity contribution in [3.05, 3.63) is 42.0 Å². The number of ether oxygens (including phenoxy) is 3. The molecule has 3 aliphatic heterocycles. The van der Waals surface area contributed by atoms with Crippen molar-refractivity contribution in [2.24, 2.45) is 16.7 Å². The van der Waals surface area contributed by atoms with Gasteiger partial charge in [-0.1, -0.05) is 52.8 Å². The van der Waals surface area contributed by atoms with Crippen LogP contribution in [0, 0.1) is 16.7 Å². The molecular weight excluding hydrogens is 719 g/mol. The second kappa shape index (κ2) is 14.7. The van der Waals surface area contributed by atoms with Gasteiger partial charge in [0.2, 0.25) is 21.8 Å². The van der Waals surface area contributed by atoms with E-state index < -0.39 is 80.2 Å². The monoisotopic (exact) mass is 771 g/mol. The second-order valence-corrected chi connectivity index (χ2v) is 19.1. The van der Waals surface area contributed by atoms with Crippen LogP contribution in [0.25, 0.3) is 0 Å². The summed E-state index contributed by atoms with van der Waals surface area (Å²) in [6.45, 7) is 14.0. The number of nitrogens with zero attached hydrogens (tertiary/aromatic N) is 2. The Morgan fingerprint density at radius 1 is 1.07 bits per heavy atom. The normalized spacial score (nSPS) is 29.1. The number of rotatable bonds is 6. The van der Waals surface area contributed by atoms with Gasteiger partial charge in [0.25, 0.3) is 5.91 Å². The number of alkyl carbamates (subject to hydrolysis) is 1. The number of cyclic esters (lactones) is 1. The fourth-order valence-corrected chi connectivity index (χ4v) is 8.83. The van der Waals surface area contributed by atoms with E-state index in [9.17, 15) is 32.4 Å². The number of sulfonamides is 1. The van der Waals surface area contributed by atoms with E-state index >= 15 is 0 Å². The minimum absolute atomic E-state index is 0.102. The predicted molar refractivity (Wildman–Crippen MR) is 196 cm³/mol. The lowest BCUT2D eigenvalue weighted by Gasteiger charge is -2.35. The quantitative estimate of drug-likeness (QED) is 0.361. The Labute approximate surface area is 316 Å². The summed E-state index contributed by atoms with van der Waals surface area (Å²) in [5.74, 6) is -2.07. The SMILES string of the molecule is C=C[C@H]1C[C@@]1(NC(=O)C1C[C@@H]2CN1C(=O)[C@H](C(C)(C)C)NC(=O)OCC(C)(C)CCCCOc1cccc3c1CN(C3)C(=O)O2)C(=O)NS(=O)(=O)C1CC1. The van der Waals surface area contributed by atoms with Gasteiger partial charge in [-0.2, -0.15) is 0 Å². The van der Waals surface area contributed by atoms with Crippen LogP contribution in [0.15, 0.2) is 30.9 Å². The van der Waals surface area contributed by atoms with Crippen LogP contribution >= 0.6 is 0 Å². The van der Waals surface area contributed by atoms with Crippen LogP contribution in [0.5, 0.6) is 5.75 Å². The van der Waals surface area contributed by atoms with Crippen LogP contribution in [0.2, 0.25) is 0 Å². The molecule has 15 nitrogen and oxygen atoms in total. The summed E-state index contributed by atoms with van der Waals surface area (Å²) in [4.78, 5) is 71.9. The number of fused-ring (bicyclic) bond motifs is 3. The van der Waals surface area contributed by atoms with Gasteiger partial charge in [-0.25, -0.2) is 18.0 Å². The molecule has 0 aromatic heterocycles. The van der Waals surface area contributed by atoms with Crippen molar-refractivity contribution in [3.63, 3.8) is 0 Å². The molecule has 0 spiro atoms. The average Bonchev–Trinajstić information content (AvgIpc) is 3.99. The molecule has 1 aromatic rings. The molecule has 1 saturated heterocycles. The summed E-state index contributed by atoms with van der Waals surface area (Å²) in [5, 5.41) is 4.81. The zero-order valence-electron chi connectivity index (χ0n) is 31.8. The van der Waals surface area contributed by atoms with Crippen molar-refractivity contribution in [1.29, 1.82) is 0 Å². The topological polar surface area (TPSA) is 190 Å². The van der Waals surface area contributed by atoms with Gasteiger partial charge in [0.15, 0.2) is 0 Å². The maximum atomic E-state index is 14.5. The Morgan fingerprint density at radius 3 is 2.48 bits per heavy atom. The van der Waals surface area contributed by atoms with Gasteiger partial charge < -0.3 is 29.7 Å². The highest BCUT2D eigenvalue weighted by atomic mass is 32.2. The molecule has 6 rings (SSSR count). The first-order valence-electron chi connectivity index (χ1n) is 18.8. The van der Waals surface area contributed by atoms with Crippen molar-refractivity contribution in [1.82, 2.24) is 25.2 Å². The summed E-state index contributed by atoms with van der Waals surface area (Å²) < 4.78 is 45.3. The second-order valence-electron chi connectivity index (χ2n) is 17.2. The van der Waals surface area contributed by atoms with Crippen LogP contribution in [0.4, 0.5) is 9.59 Å². The number of benzene rings is 1. The molecule has 1 aromatic carbocycles. The first-order valence-corrected chi connectivity index (χ1v) is 20.3. The third kappa shape index (κ3) is 8.47. The van der Waals surface area contributed by atoms with Crippen LogP contribution in [-0.2, 0) is 47.0 Å². The number of carbonyl (C=O) groups is 5. The van der Waals surface area contributed by atoms with Crippen LogP contribution in [0.1, 0.15) is 90.7 Å². The zero-order chi connectivity index (χ0) is 39.2. The lowest BCUT2D eigenvalue weighted by Crippen LogP contribution is -2.60. The summed E-state index contributed by atoms with van der Waals surface area (Å²) in [6.07, 6.45) is 2.37. The number of hydrogen-bond donors (Lipinski definition) is 3. The van der Waals surface area contributed by atoms with E-state index in [-0.39, 0.29) is 38.0 Å². The Hall–Kier alpha value is -4.34. The molecular formula is C38H53N5O10S. The molecule has 3 fully saturated rings. The van der Waals surface area contributed by atoms with Gasteiger partial charge in [0.05, 0.1) is 31.6 Å². The van der Waals surface area contributed by atoms with Gasteiger partial charge in [0.1, 0.15) is 29.5 Å². The molecule has 4 bridgehead atoms. The van der Waals surface area contributed by atoms with Crippen molar-refractivity contribution in [2.75, 3.05) is 19.8 Å². The number of nitrogens with one attached hydrogen (secondary N) is 3. The van der Waals surface area contributed by atoms with Gasteiger partial charge in [-0.15, -0.1) is 6.58 Å². The van der Waals surface area contributed by atoms with Gasteiger partial charge in [0, 0.05) is 24.4 Å². The van der Waals surface area contributed by atoms with E-state index in [1.54, 1.807) is 20.8 Å². The van der Waals surface area contributed by atoms with Gasteiger partial charge in [-0.05, 0) is 61.0 Å². The van der Waals surface area contributed by atoms with E-state index in [0.29, 0.717) is 31.7 Å². The highest BCUT2D eigenvalue weighted by Gasteiger charge is 2.62. The molecule has 3 N–H and O–H groups in total. The lowest BCUT2D eigenvalue weighted by molar-refractivity contribution is -0.143. The Bertz CT molecular complexity index is 1800. The number of carbonyl (C=O) groups excluding carboxylic acids is 5. The molecule has 5 aliphatic rings. The van der Waals surface area contributed by atoms with E-state index in [0.717, 1.165) is 30.4 Å². The number of hydrogen-bond acceptors (Lipinski definition) is 10. The summed E-state index contributed by atoms with van der Waals surface area (Å²) in [6, 6.07) is 3.30. The Balaban J connectivity index is 1.28. The third-order valence-electron chi connectivity index (χ3n) is 11.0. The molecule has 16 heteroatoms. The largest absolute Gasteiger partial charge is 0.493 e. The number of amides is 5.